The van der Waals surface area contributed by atoms with Crippen LogP contribution < -0.4 is 15.4 Å². The highest BCUT2D eigenvalue weighted by molar-refractivity contribution is 9.10. The van der Waals surface area contributed by atoms with E-state index in [1.54, 1.807) is 31.2 Å². The van der Waals surface area contributed by atoms with Gasteiger partial charge < -0.3 is 15.4 Å². The van der Waals surface area contributed by atoms with Gasteiger partial charge in [-0.2, -0.15) is 0 Å². The van der Waals surface area contributed by atoms with Crippen molar-refractivity contribution in [3.05, 3.63) is 52.8 Å². The zero-order chi connectivity index (χ0) is 19.3. The molecule has 0 aliphatic heterocycles. The fourth-order valence-corrected chi connectivity index (χ4v) is 2.43. The maximum Gasteiger partial charge on any atom is 0.265 e. The van der Waals surface area contributed by atoms with Gasteiger partial charge in [0.2, 0.25) is 5.91 Å². The SMILES string of the molecule is CC(C)C(=O)Nc1ccc(NC(=O)C(C)Oc2ccc(F)cc2Br)cc1. The van der Waals surface area contributed by atoms with E-state index < -0.39 is 11.9 Å². The monoisotopic (exact) mass is 422 g/mol. The van der Waals surface area contributed by atoms with Crippen molar-refractivity contribution >= 4 is 39.1 Å². The standard InChI is InChI=1S/C19H20BrFN2O3/c1-11(2)18(24)22-14-5-7-15(8-6-14)23-19(25)12(3)26-17-9-4-13(21)10-16(17)20/h4-12H,1-3H3,(H,22,24)(H,23,25). The Bertz CT molecular complexity index is 794. The van der Waals surface area contributed by atoms with Gasteiger partial charge in [0.25, 0.3) is 5.91 Å². The predicted molar refractivity (Wildman–Crippen MR) is 103 cm³/mol. The lowest BCUT2D eigenvalue weighted by atomic mass is 10.2. The number of ether oxygens (including phenoxy) is 1. The van der Waals surface area contributed by atoms with Crippen LogP contribution in [0, 0.1) is 11.7 Å². The van der Waals surface area contributed by atoms with Gasteiger partial charge in [-0.25, -0.2) is 4.39 Å². The normalized spacial score (nSPS) is 11.8. The van der Waals surface area contributed by atoms with Crippen molar-refractivity contribution in [2.75, 3.05) is 10.6 Å². The molecule has 1 atom stereocenters. The fraction of sp³-hybridized carbons (Fsp3) is 0.263. The van der Waals surface area contributed by atoms with E-state index in [0.29, 0.717) is 21.6 Å². The first kappa shape index (κ1) is 19.9. The fourth-order valence-electron chi connectivity index (χ4n) is 1.98. The third-order valence-electron chi connectivity index (χ3n) is 3.51. The summed E-state index contributed by atoms with van der Waals surface area (Å²) in [5.41, 5.74) is 1.23. The Morgan fingerprint density at radius 2 is 1.50 bits per heavy atom. The van der Waals surface area contributed by atoms with Crippen LogP contribution >= 0.6 is 15.9 Å². The molecule has 0 saturated carbocycles. The Labute approximate surface area is 160 Å². The summed E-state index contributed by atoms with van der Waals surface area (Å²) in [6.45, 7) is 5.22. The summed E-state index contributed by atoms with van der Waals surface area (Å²) >= 11 is 3.20. The zero-order valence-electron chi connectivity index (χ0n) is 14.7. The molecular formula is C19H20BrFN2O3. The van der Waals surface area contributed by atoms with E-state index in [4.69, 9.17) is 4.74 Å². The van der Waals surface area contributed by atoms with Crippen molar-refractivity contribution in [1.29, 1.82) is 0 Å². The minimum absolute atomic E-state index is 0.0753. The lowest BCUT2D eigenvalue weighted by Gasteiger charge is -2.16. The van der Waals surface area contributed by atoms with Crippen molar-refractivity contribution in [2.45, 2.75) is 26.9 Å². The molecule has 2 N–H and O–H groups in total. The molecule has 2 aromatic carbocycles. The summed E-state index contributed by atoms with van der Waals surface area (Å²) in [7, 11) is 0. The summed E-state index contributed by atoms with van der Waals surface area (Å²) in [6.07, 6.45) is -0.780. The number of anilines is 2. The number of hydrogen-bond donors (Lipinski definition) is 2. The van der Waals surface area contributed by atoms with Crippen LogP contribution in [0.4, 0.5) is 15.8 Å². The minimum atomic E-state index is -0.780. The largest absolute Gasteiger partial charge is 0.480 e. The summed E-state index contributed by atoms with van der Waals surface area (Å²) in [6, 6.07) is 10.8. The number of halogens is 2. The second-order valence-corrected chi connectivity index (χ2v) is 6.90. The Morgan fingerprint density at radius 1 is 0.962 bits per heavy atom. The van der Waals surface area contributed by atoms with E-state index >= 15 is 0 Å². The molecule has 0 saturated heterocycles. The molecule has 2 rings (SSSR count). The molecule has 138 valence electrons. The van der Waals surface area contributed by atoms with Crippen LogP contribution in [0.1, 0.15) is 20.8 Å². The molecule has 0 fully saturated rings. The second kappa shape index (κ2) is 8.80. The Balaban J connectivity index is 1.95. The van der Waals surface area contributed by atoms with Gasteiger partial charge in [-0.05, 0) is 65.3 Å². The van der Waals surface area contributed by atoms with Crippen LogP contribution in [-0.2, 0) is 9.59 Å². The number of hydrogen-bond acceptors (Lipinski definition) is 3. The van der Waals surface area contributed by atoms with Gasteiger partial charge >= 0.3 is 0 Å². The van der Waals surface area contributed by atoms with Crippen molar-refractivity contribution in [3.8, 4) is 5.75 Å². The van der Waals surface area contributed by atoms with Crippen molar-refractivity contribution < 1.29 is 18.7 Å². The average molecular weight is 423 g/mol. The van der Waals surface area contributed by atoms with Crippen molar-refractivity contribution in [3.63, 3.8) is 0 Å². The Kier molecular flexibility index (Phi) is 6.74. The number of rotatable bonds is 6. The molecule has 0 spiro atoms. The molecule has 0 aliphatic rings. The van der Waals surface area contributed by atoms with Gasteiger partial charge in [0.1, 0.15) is 11.6 Å². The predicted octanol–water partition coefficient (Wildman–Crippen LogP) is 4.59. The molecule has 0 aromatic heterocycles. The highest BCUT2D eigenvalue weighted by Gasteiger charge is 2.16. The van der Waals surface area contributed by atoms with Gasteiger partial charge in [-0.1, -0.05) is 13.8 Å². The molecule has 1 unspecified atom stereocenters. The molecule has 0 bridgehead atoms. The summed E-state index contributed by atoms with van der Waals surface area (Å²) in [5.74, 6) is -0.557. The van der Waals surface area contributed by atoms with Crippen LogP contribution in [0.25, 0.3) is 0 Å². The van der Waals surface area contributed by atoms with Crippen molar-refractivity contribution in [1.82, 2.24) is 0 Å². The number of amides is 2. The topological polar surface area (TPSA) is 67.4 Å². The maximum absolute atomic E-state index is 13.1. The molecule has 0 radical (unpaired) electrons. The summed E-state index contributed by atoms with van der Waals surface area (Å²) < 4.78 is 19.1. The van der Waals surface area contributed by atoms with E-state index in [1.165, 1.54) is 18.2 Å². The first-order chi connectivity index (χ1) is 12.3. The van der Waals surface area contributed by atoms with E-state index in [1.807, 2.05) is 13.8 Å². The molecule has 2 aromatic rings. The second-order valence-electron chi connectivity index (χ2n) is 6.05. The van der Waals surface area contributed by atoms with Gasteiger partial charge in [-0.15, -0.1) is 0 Å². The first-order valence-corrected chi connectivity index (χ1v) is 8.89. The number of benzene rings is 2. The number of carbonyl (C=O) groups excluding carboxylic acids is 2. The summed E-state index contributed by atoms with van der Waals surface area (Å²) in [5, 5.41) is 5.51. The highest BCUT2D eigenvalue weighted by Crippen LogP contribution is 2.26. The minimum Gasteiger partial charge on any atom is -0.480 e. The molecule has 0 aliphatic carbocycles. The van der Waals surface area contributed by atoms with Crippen LogP contribution in [0.3, 0.4) is 0 Å². The molecule has 26 heavy (non-hydrogen) atoms. The third-order valence-corrected chi connectivity index (χ3v) is 4.13. The van der Waals surface area contributed by atoms with Crippen LogP contribution in [0.2, 0.25) is 0 Å². The van der Waals surface area contributed by atoms with Gasteiger partial charge in [0.15, 0.2) is 6.10 Å². The Morgan fingerprint density at radius 3 is 2.00 bits per heavy atom. The number of nitrogens with one attached hydrogen (secondary N) is 2. The molecule has 5 nitrogen and oxygen atoms in total. The molecule has 2 amide bonds. The van der Waals surface area contributed by atoms with E-state index in [9.17, 15) is 14.0 Å². The van der Waals surface area contributed by atoms with Gasteiger partial charge in [-0.3, -0.25) is 9.59 Å². The molecule has 0 heterocycles. The molecule has 7 heteroatoms. The molecular weight excluding hydrogens is 403 g/mol. The first-order valence-electron chi connectivity index (χ1n) is 8.09. The van der Waals surface area contributed by atoms with Crippen LogP contribution in [-0.4, -0.2) is 17.9 Å². The Hall–Kier alpha value is -2.41. The van der Waals surface area contributed by atoms with Crippen LogP contribution in [0.15, 0.2) is 46.9 Å². The highest BCUT2D eigenvalue weighted by atomic mass is 79.9. The van der Waals surface area contributed by atoms with Gasteiger partial charge in [0, 0.05) is 17.3 Å². The van der Waals surface area contributed by atoms with E-state index in [2.05, 4.69) is 26.6 Å². The lowest BCUT2D eigenvalue weighted by Crippen LogP contribution is -2.30. The third kappa shape index (κ3) is 5.56. The number of carbonyl (C=O) groups is 2. The summed E-state index contributed by atoms with van der Waals surface area (Å²) in [4.78, 5) is 23.9. The lowest BCUT2D eigenvalue weighted by molar-refractivity contribution is -0.122. The van der Waals surface area contributed by atoms with Crippen LogP contribution in [0.5, 0.6) is 5.75 Å². The van der Waals surface area contributed by atoms with Gasteiger partial charge in [0.05, 0.1) is 4.47 Å². The van der Waals surface area contributed by atoms with E-state index in [-0.39, 0.29) is 17.7 Å². The van der Waals surface area contributed by atoms with Crippen molar-refractivity contribution in [2.24, 2.45) is 5.92 Å². The maximum atomic E-state index is 13.1. The smallest absolute Gasteiger partial charge is 0.265 e. The van der Waals surface area contributed by atoms with E-state index in [0.717, 1.165) is 0 Å². The average Bonchev–Trinajstić information content (AvgIpc) is 2.58. The zero-order valence-corrected chi connectivity index (χ0v) is 16.3. The quantitative estimate of drug-likeness (QED) is 0.715.